The molecule has 1 atom stereocenters. The van der Waals surface area contributed by atoms with E-state index in [9.17, 15) is 5.11 Å². The SMILES string of the molecule is CCC(C)n1ccc(CC2(O)CCNCC2)n1. The fourth-order valence-corrected chi connectivity index (χ4v) is 2.31. The van der Waals surface area contributed by atoms with Gasteiger partial charge < -0.3 is 10.4 Å². The average molecular weight is 237 g/mol. The lowest BCUT2D eigenvalue weighted by Gasteiger charge is -2.31. The lowest BCUT2D eigenvalue weighted by Crippen LogP contribution is -2.43. The quantitative estimate of drug-likeness (QED) is 0.834. The van der Waals surface area contributed by atoms with Crippen LogP contribution in [-0.2, 0) is 6.42 Å². The maximum absolute atomic E-state index is 10.4. The number of aliphatic hydroxyl groups is 1. The molecule has 1 aliphatic rings. The number of hydrogen-bond acceptors (Lipinski definition) is 3. The third-order valence-electron chi connectivity index (χ3n) is 3.75. The van der Waals surface area contributed by atoms with Crippen molar-refractivity contribution in [2.24, 2.45) is 0 Å². The van der Waals surface area contributed by atoms with Crippen LogP contribution in [-0.4, -0.2) is 33.6 Å². The minimum Gasteiger partial charge on any atom is -0.389 e. The minimum atomic E-state index is -0.556. The summed E-state index contributed by atoms with van der Waals surface area (Å²) in [7, 11) is 0. The standard InChI is InChI=1S/C13H23N3O/c1-3-11(2)16-9-4-12(15-16)10-13(17)5-7-14-8-6-13/h4,9,11,14,17H,3,5-8,10H2,1-2H3. The van der Waals surface area contributed by atoms with Gasteiger partial charge in [0.2, 0.25) is 0 Å². The predicted molar refractivity (Wildman–Crippen MR) is 68.0 cm³/mol. The molecule has 0 amide bonds. The van der Waals surface area contributed by atoms with Crippen LogP contribution in [0.4, 0.5) is 0 Å². The minimum absolute atomic E-state index is 0.436. The first-order valence-electron chi connectivity index (χ1n) is 6.60. The molecule has 2 rings (SSSR count). The van der Waals surface area contributed by atoms with Crippen LogP contribution in [0.1, 0.15) is 44.8 Å². The van der Waals surface area contributed by atoms with E-state index >= 15 is 0 Å². The van der Waals surface area contributed by atoms with Crippen LogP contribution in [0.5, 0.6) is 0 Å². The van der Waals surface area contributed by atoms with Crippen LogP contribution < -0.4 is 5.32 Å². The Balaban J connectivity index is 2.00. The molecule has 0 bridgehead atoms. The first-order valence-corrected chi connectivity index (χ1v) is 6.60. The van der Waals surface area contributed by atoms with Crippen molar-refractivity contribution in [2.45, 2.75) is 51.2 Å². The van der Waals surface area contributed by atoms with Crippen LogP contribution >= 0.6 is 0 Å². The Morgan fingerprint density at radius 1 is 1.53 bits per heavy atom. The number of piperidine rings is 1. The molecule has 2 N–H and O–H groups in total. The van der Waals surface area contributed by atoms with Crippen molar-refractivity contribution in [1.29, 1.82) is 0 Å². The molecule has 4 heteroatoms. The normalized spacial score (nSPS) is 21.4. The van der Waals surface area contributed by atoms with Crippen LogP contribution in [0, 0.1) is 0 Å². The Kier molecular flexibility index (Phi) is 3.84. The van der Waals surface area contributed by atoms with E-state index in [2.05, 4.69) is 24.3 Å². The molecular formula is C13H23N3O. The summed E-state index contributed by atoms with van der Waals surface area (Å²) in [6, 6.07) is 2.47. The molecule has 1 fully saturated rings. The number of rotatable bonds is 4. The zero-order valence-electron chi connectivity index (χ0n) is 10.8. The Bertz CT molecular complexity index is 355. The van der Waals surface area contributed by atoms with Crippen molar-refractivity contribution in [3.63, 3.8) is 0 Å². The van der Waals surface area contributed by atoms with Crippen molar-refractivity contribution in [2.75, 3.05) is 13.1 Å². The van der Waals surface area contributed by atoms with Gasteiger partial charge in [0.15, 0.2) is 0 Å². The Hall–Kier alpha value is -0.870. The summed E-state index contributed by atoms with van der Waals surface area (Å²) in [6.45, 7) is 6.13. The maximum Gasteiger partial charge on any atom is 0.0727 e. The van der Waals surface area contributed by atoms with Gasteiger partial charge in [-0.2, -0.15) is 5.10 Å². The molecule has 1 aromatic rings. The van der Waals surface area contributed by atoms with E-state index in [1.807, 2.05) is 16.9 Å². The van der Waals surface area contributed by atoms with Gasteiger partial charge in [-0.05, 0) is 45.3 Å². The second-order valence-corrected chi connectivity index (χ2v) is 5.20. The molecule has 0 aliphatic carbocycles. The third-order valence-corrected chi connectivity index (χ3v) is 3.75. The predicted octanol–water partition coefficient (Wildman–Crippen LogP) is 1.51. The lowest BCUT2D eigenvalue weighted by molar-refractivity contribution is 0.00986. The van der Waals surface area contributed by atoms with Crippen LogP contribution in [0.3, 0.4) is 0 Å². The van der Waals surface area contributed by atoms with E-state index in [-0.39, 0.29) is 0 Å². The van der Waals surface area contributed by atoms with Crippen LogP contribution in [0.2, 0.25) is 0 Å². The molecule has 96 valence electrons. The van der Waals surface area contributed by atoms with E-state index in [1.165, 1.54) is 0 Å². The fraction of sp³-hybridized carbons (Fsp3) is 0.769. The van der Waals surface area contributed by atoms with Crippen molar-refractivity contribution >= 4 is 0 Å². The summed E-state index contributed by atoms with van der Waals surface area (Å²) < 4.78 is 2.00. The average Bonchev–Trinajstić information content (AvgIpc) is 2.76. The van der Waals surface area contributed by atoms with Gasteiger partial charge in [-0.15, -0.1) is 0 Å². The highest BCUT2D eigenvalue weighted by Crippen LogP contribution is 2.23. The second kappa shape index (κ2) is 5.19. The highest BCUT2D eigenvalue weighted by molar-refractivity contribution is 5.05. The highest BCUT2D eigenvalue weighted by Gasteiger charge is 2.30. The van der Waals surface area contributed by atoms with E-state index in [1.54, 1.807) is 0 Å². The summed E-state index contributed by atoms with van der Waals surface area (Å²) in [5, 5.41) is 18.3. The Morgan fingerprint density at radius 2 is 2.24 bits per heavy atom. The summed E-state index contributed by atoms with van der Waals surface area (Å²) >= 11 is 0. The molecule has 4 nitrogen and oxygen atoms in total. The molecule has 1 unspecified atom stereocenters. The summed E-state index contributed by atoms with van der Waals surface area (Å²) in [5.74, 6) is 0. The number of nitrogens with one attached hydrogen (secondary N) is 1. The van der Waals surface area contributed by atoms with Gasteiger partial charge in [-0.1, -0.05) is 6.92 Å². The fourth-order valence-electron chi connectivity index (χ4n) is 2.31. The molecule has 1 aliphatic heterocycles. The van der Waals surface area contributed by atoms with Crippen molar-refractivity contribution < 1.29 is 5.11 Å². The molecule has 2 heterocycles. The molecule has 17 heavy (non-hydrogen) atoms. The second-order valence-electron chi connectivity index (χ2n) is 5.20. The van der Waals surface area contributed by atoms with Gasteiger partial charge in [0.25, 0.3) is 0 Å². The summed E-state index contributed by atoms with van der Waals surface area (Å²) in [6.07, 6.45) is 5.42. The zero-order chi connectivity index (χ0) is 12.3. The smallest absolute Gasteiger partial charge is 0.0727 e. The van der Waals surface area contributed by atoms with E-state index in [0.29, 0.717) is 12.5 Å². The Morgan fingerprint density at radius 3 is 2.88 bits per heavy atom. The first kappa shape index (κ1) is 12.6. The monoisotopic (exact) mass is 237 g/mol. The maximum atomic E-state index is 10.4. The van der Waals surface area contributed by atoms with Gasteiger partial charge in [0, 0.05) is 18.7 Å². The number of hydrogen-bond donors (Lipinski definition) is 2. The summed E-state index contributed by atoms with van der Waals surface area (Å²) in [4.78, 5) is 0. The lowest BCUT2D eigenvalue weighted by atomic mass is 9.88. The Labute approximate surface area is 103 Å². The summed E-state index contributed by atoms with van der Waals surface area (Å²) in [5.41, 5.74) is 0.453. The van der Waals surface area contributed by atoms with E-state index < -0.39 is 5.60 Å². The molecule has 1 aromatic heterocycles. The van der Waals surface area contributed by atoms with Crippen molar-refractivity contribution in [3.05, 3.63) is 18.0 Å². The van der Waals surface area contributed by atoms with Gasteiger partial charge >= 0.3 is 0 Å². The third kappa shape index (κ3) is 3.07. The highest BCUT2D eigenvalue weighted by atomic mass is 16.3. The van der Waals surface area contributed by atoms with E-state index in [4.69, 9.17) is 0 Å². The number of aromatic nitrogens is 2. The molecule has 0 radical (unpaired) electrons. The first-order chi connectivity index (χ1) is 8.13. The van der Waals surface area contributed by atoms with Gasteiger partial charge in [0.05, 0.1) is 11.3 Å². The van der Waals surface area contributed by atoms with Crippen molar-refractivity contribution in [1.82, 2.24) is 15.1 Å². The van der Waals surface area contributed by atoms with Gasteiger partial charge in [0.1, 0.15) is 0 Å². The molecule has 0 aromatic carbocycles. The molecule has 1 saturated heterocycles. The molecular weight excluding hydrogens is 214 g/mol. The zero-order valence-corrected chi connectivity index (χ0v) is 10.8. The number of nitrogens with zero attached hydrogens (tertiary/aromatic N) is 2. The largest absolute Gasteiger partial charge is 0.389 e. The van der Waals surface area contributed by atoms with Crippen LogP contribution in [0.25, 0.3) is 0 Å². The molecule has 0 saturated carbocycles. The van der Waals surface area contributed by atoms with Gasteiger partial charge in [-0.3, -0.25) is 4.68 Å². The van der Waals surface area contributed by atoms with Gasteiger partial charge in [-0.25, -0.2) is 0 Å². The van der Waals surface area contributed by atoms with Crippen LogP contribution in [0.15, 0.2) is 12.3 Å². The topological polar surface area (TPSA) is 50.1 Å². The molecule has 0 spiro atoms. The van der Waals surface area contributed by atoms with Crippen molar-refractivity contribution in [3.8, 4) is 0 Å². The van der Waals surface area contributed by atoms with E-state index in [0.717, 1.165) is 38.0 Å².